The van der Waals surface area contributed by atoms with Gasteiger partial charge in [-0.3, -0.25) is 4.79 Å². The van der Waals surface area contributed by atoms with Gasteiger partial charge < -0.3 is 10.1 Å². The molecule has 0 saturated heterocycles. The number of anilines is 1. The van der Waals surface area contributed by atoms with Gasteiger partial charge in [-0.1, -0.05) is 59.6 Å². The van der Waals surface area contributed by atoms with E-state index < -0.39 is 22.5 Å². The third kappa shape index (κ3) is 5.61. The fourth-order valence-corrected chi connectivity index (χ4v) is 5.07. The second kappa shape index (κ2) is 10.4. The Hall–Kier alpha value is -2.58. The first kappa shape index (κ1) is 24.1. The summed E-state index contributed by atoms with van der Waals surface area (Å²) in [5.74, 6) is -0.366. The van der Waals surface area contributed by atoms with Crippen LogP contribution in [0.25, 0.3) is 0 Å². The molecule has 0 spiro atoms. The molecule has 0 aliphatic heterocycles. The minimum absolute atomic E-state index is 0.0131. The van der Waals surface area contributed by atoms with Crippen LogP contribution >= 0.6 is 23.2 Å². The van der Waals surface area contributed by atoms with Crippen LogP contribution in [0.1, 0.15) is 11.1 Å². The number of ether oxygens (including phenoxy) is 1. The van der Waals surface area contributed by atoms with Gasteiger partial charge in [-0.2, -0.15) is 4.31 Å². The molecule has 0 bridgehead atoms. The molecule has 1 amide bonds. The fourth-order valence-electron chi connectivity index (χ4n) is 3.10. The number of halogens is 2. The third-order valence-electron chi connectivity index (χ3n) is 4.81. The molecule has 0 aromatic heterocycles. The molecular formula is C23H22Cl2N2O4S. The highest BCUT2D eigenvalue weighted by Crippen LogP contribution is 2.30. The number of benzene rings is 3. The molecule has 6 nitrogen and oxygen atoms in total. The van der Waals surface area contributed by atoms with Crippen molar-refractivity contribution >= 4 is 44.8 Å². The van der Waals surface area contributed by atoms with Gasteiger partial charge in [0.25, 0.3) is 0 Å². The summed E-state index contributed by atoms with van der Waals surface area (Å²) in [5.41, 5.74) is 1.93. The van der Waals surface area contributed by atoms with Crippen molar-refractivity contribution < 1.29 is 17.9 Å². The Morgan fingerprint density at radius 1 is 1.03 bits per heavy atom. The highest BCUT2D eigenvalue weighted by Gasteiger charge is 2.30. The normalized spacial score (nSPS) is 11.4. The molecule has 1 N–H and O–H groups in total. The average Bonchev–Trinajstić information content (AvgIpc) is 2.77. The second-order valence-corrected chi connectivity index (χ2v) is 9.76. The summed E-state index contributed by atoms with van der Waals surface area (Å²) in [6, 6.07) is 18.5. The number of hydrogen-bond acceptors (Lipinski definition) is 4. The molecular weight excluding hydrogens is 471 g/mol. The molecule has 0 aliphatic rings. The van der Waals surface area contributed by atoms with E-state index in [1.165, 1.54) is 25.3 Å². The van der Waals surface area contributed by atoms with E-state index in [1.54, 1.807) is 49.4 Å². The van der Waals surface area contributed by atoms with Crippen molar-refractivity contribution in [2.24, 2.45) is 0 Å². The lowest BCUT2D eigenvalue weighted by Gasteiger charge is -2.23. The van der Waals surface area contributed by atoms with Crippen LogP contribution in [0.4, 0.5) is 5.69 Å². The van der Waals surface area contributed by atoms with Gasteiger partial charge >= 0.3 is 0 Å². The lowest BCUT2D eigenvalue weighted by Crippen LogP contribution is -2.37. The van der Waals surface area contributed by atoms with Crippen molar-refractivity contribution in [3.63, 3.8) is 0 Å². The van der Waals surface area contributed by atoms with E-state index in [0.717, 1.165) is 9.87 Å². The molecule has 168 valence electrons. The van der Waals surface area contributed by atoms with Crippen LogP contribution < -0.4 is 10.1 Å². The minimum Gasteiger partial charge on any atom is -0.495 e. The van der Waals surface area contributed by atoms with Gasteiger partial charge in [-0.05, 0) is 48.4 Å². The van der Waals surface area contributed by atoms with E-state index in [4.69, 9.17) is 27.9 Å². The molecule has 3 aromatic rings. The quantitative estimate of drug-likeness (QED) is 0.472. The number of hydrogen-bond donors (Lipinski definition) is 1. The Morgan fingerprint density at radius 2 is 1.75 bits per heavy atom. The molecule has 9 heteroatoms. The maximum absolute atomic E-state index is 13.6. The number of carbonyl (C=O) groups is 1. The maximum atomic E-state index is 13.6. The monoisotopic (exact) mass is 492 g/mol. The Bertz CT molecular complexity index is 1220. The Kier molecular flexibility index (Phi) is 7.79. The summed E-state index contributed by atoms with van der Waals surface area (Å²) in [5, 5.41) is 3.48. The number of carbonyl (C=O) groups excluding carboxylic acids is 1. The van der Waals surface area contributed by atoms with E-state index in [9.17, 15) is 13.2 Å². The third-order valence-corrected chi connectivity index (χ3v) is 7.26. The van der Waals surface area contributed by atoms with Gasteiger partial charge in [0.2, 0.25) is 15.9 Å². The fraction of sp³-hybridized carbons (Fsp3) is 0.174. The number of nitrogens with zero attached hydrogens (tertiary/aromatic N) is 1. The maximum Gasteiger partial charge on any atom is 0.247 e. The summed E-state index contributed by atoms with van der Waals surface area (Å²) in [6.07, 6.45) is 0. The van der Waals surface area contributed by atoms with E-state index in [-0.39, 0.29) is 22.2 Å². The predicted molar refractivity (Wildman–Crippen MR) is 127 cm³/mol. The molecule has 32 heavy (non-hydrogen) atoms. The second-order valence-electron chi connectivity index (χ2n) is 7.01. The van der Waals surface area contributed by atoms with Gasteiger partial charge in [0.05, 0.1) is 13.7 Å². The van der Waals surface area contributed by atoms with Crippen molar-refractivity contribution in [1.82, 2.24) is 4.31 Å². The Balaban J connectivity index is 1.96. The number of rotatable bonds is 8. The Morgan fingerprint density at radius 3 is 2.44 bits per heavy atom. The molecule has 3 aromatic carbocycles. The highest BCUT2D eigenvalue weighted by molar-refractivity contribution is 7.89. The summed E-state index contributed by atoms with van der Waals surface area (Å²) in [6.45, 7) is 1.34. The number of sulfonamides is 1. The zero-order chi connectivity index (χ0) is 23.3. The van der Waals surface area contributed by atoms with Crippen LogP contribution in [0.2, 0.25) is 10.0 Å². The van der Waals surface area contributed by atoms with Crippen LogP contribution in [-0.4, -0.2) is 32.3 Å². The van der Waals surface area contributed by atoms with Crippen molar-refractivity contribution in [3.05, 3.63) is 87.9 Å². The highest BCUT2D eigenvalue weighted by atomic mass is 35.5. The summed E-state index contributed by atoms with van der Waals surface area (Å²) in [7, 11) is -2.76. The molecule has 0 radical (unpaired) electrons. The van der Waals surface area contributed by atoms with Crippen molar-refractivity contribution in [2.75, 3.05) is 19.0 Å². The van der Waals surface area contributed by atoms with Gasteiger partial charge in [0, 0.05) is 22.3 Å². The zero-order valence-electron chi connectivity index (χ0n) is 17.5. The first-order valence-electron chi connectivity index (χ1n) is 9.65. The number of methoxy groups -OCH3 is 1. The van der Waals surface area contributed by atoms with E-state index in [2.05, 4.69) is 5.32 Å². The topological polar surface area (TPSA) is 75.7 Å². The SMILES string of the molecule is COc1ccc(Cl)cc1S(=O)(=O)N(CC(=O)Nc1cccc(Cl)c1C)Cc1ccccc1. The van der Waals surface area contributed by atoms with Gasteiger partial charge in [-0.15, -0.1) is 0 Å². The lowest BCUT2D eigenvalue weighted by molar-refractivity contribution is -0.116. The summed E-state index contributed by atoms with van der Waals surface area (Å²) in [4.78, 5) is 12.7. The Labute approximate surface area is 197 Å². The van der Waals surface area contributed by atoms with Gasteiger partial charge in [-0.25, -0.2) is 8.42 Å². The summed E-state index contributed by atoms with van der Waals surface area (Å²) >= 11 is 12.2. The molecule has 0 saturated carbocycles. The zero-order valence-corrected chi connectivity index (χ0v) is 19.8. The van der Waals surface area contributed by atoms with Crippen LogP contribution in [0.3, 0.4) is 0 Å². The van der Waals surface area contributed by atoms with Crippen LogP contribution in [0.15, 0.2) is 71.6 Å². The first-order chi connectivity index (χ1) is 15.2. The lowest BCUT2D eigenvalue weighted by atomic mass is 10.2. The largest absolute Gasteiger partial charge is 0.495 e. The smallest absolute Gasteiger partial charge is 0.247 e. The van der Waals surface area contributed by atoms with E-state index >= 15 is 0 Å². The average molecular weight is 493 g/mol. The molecule has 3 rings (SSSR count). The predicted octanol–water partition coefficient (Wildman–Crippen LogP) is 5.14. The van der Waals surface area contributed by atoms with Crippen LogP contribution in [0, 0.1) is 6.92 Å². The number of amides is 1. The van der Waals surface area contributed by atoms with E-state index in [1.807, 2.05) is 6.07 Å². The molecule has 0 unspecified atom stereocenters. The van der Waals surface area contributed by atoms with Crippen LogP contribution in [0.5, 0.6) is 5.75 Å². The van der Waals surface area contributed by atoms with Crippen molar-refractivity contribution in [1.29, 1.82) is 0 Å². The summed E-state index contributed by atoms with van der Waals surface area (Å²) < 4.78 is 33.5. The molecule has 0 heterocycles. The minimum atomic E-state index is -4.13. The standard InChI is InChI=1S/C23H22Cl2N2O4S/c1-16-19(25)9-6-10-20(16)26-23(28)15-27(14-17-7-4-3-5-8-17)32(29,30)22-13-18(24)11-12-21(22)31-2/h3-13H,14-15H2,1-2H3,(H,26,28). The molecule has 0 aliphatic carbocycles. The molecule has 0 atom stereocenters. The first-order valence-corrected chi connectivity index (χ1v) is 11.8. The number of nitrogens with one attached hydrogen (secondary N) is 1. The molecule has 0 fully saturated rings. The van der Waals surface area contributed by atoms with Crippen molar-refractivity contribution in [2.45, 2.75) is 18.4 Å². The van der Waals surface area contributed by atoms with Gasteiger partial charge in [0.15, 0.2) is 0 Å². The van der Waals surface area contributed by atoms with Crippen molar-refractivity contribution in [3.8, 4) is 5.75 Å². The van der Waals surface area contributed by atoms with Crippen LogP contribution in [-0.2, 0) is 21.4 Å². The van der Waals surface area contributed by atoms with Gasteiger partial charge in [0.1, 0.15) is 10.6 Å². The van der Waals surface area contributed by atoms with E-state index in [0.29, 0.717) is 16.3 Å².